The van der Waals surface area contributed by atoms with Crippen molar-refractivity contribution in [2.24, 2.45) is 0 Å². The number of hydrogen-bond acceptors (Lipinski definition) is 3. The number of aryl methyl sites for hydroxylation is 2. The number of rotatable bonds is 2. The number of nitrogens with zero attached hydrogens (tertiary/aromatic N) is 2. The molecule has 0 bridgehead atoms. The van der Waals surface area contributed by atoms with Gasteiger partial charge in [-0.3, -0.25) is 5.41 Å². The molecule has 1 aromatic carbocycles. The lowest BCUT2D eigenvalue weighted by atomic mass is 9.97. The molecule has 0 saturated carbocycles. The fraction of sp³-hybridized carbons (Fsp3) is 0.294. The Morgan fingerprint density at radius 1 is 1.17 bits per heavy atom. The number of hydrogen-bond donors (Lipinski definition) is 1. The summed E-state index contributed by atoms with van der Waals surface area (Å²) in [6.45, 7) is 0.573. The van der Waals surface area contributed by atoms with Gasteiger partial charge < -0.3 is 4.57 Å². The Bertz CT molecular complexity index is 958. The number of fused-ring (bicyclic) bond motifs is 3. The van der Waals surface area contributed by atoms with Crippen molar-refractivity contribution >= 4 is 44.8 Å². The van der Waals surface area contributed by atoms with Gasteiger partial charge in [0.05, 0.1) is 28.3 Å². The van der Waals surface area contributed by atoms with Crippen molar-refractivity contribution in [3.63, 3.8) is 0 Å². The van der Waals surface area contributed by atoms with Gasteiger partial charge in [0.25, 0.3) is 0 Å². The molecule has 2 aromatic heterocycles. The van der Waals surface area contributed by atoms with Gasteiger partial charge in [-0.15, -0.1) is 11.3 Å². The van der Waals surface area contributed by atoms with Crippen molar-refractivity contribution in [1.82, 2.24) is 9.55 Å². The van der Waals surface area contributed by atoms with E-state index in [4.69, 9.17) is 28.6 Å². The Hall–Kier alpha value is -1.36. The van der Waals surface area contributed by atoms with E-state index < -0.39 is 0 Å². The van der Waals surface area contributed by atoms with Crippen LogP contribution in [-0.2, 0) is 19.4 Å². The number of halogens is 2. The maximum atomic E-state index is 8.61. The molecule has 1 aliphatic rings. The zero-order chi connectivity index (χ0) is 16.0. The van der Waals surface area contributed by atoms with Crippen molar-refractivity contribution in [2.75, 3.05) is 0 Å². The van der Waals surface area contributed by atoms with Crippen LogP contribution in [0.4, 0.5) is 0 Å². The third-order valence-corrected chi connectivity index (χ3v) is 6.27. The summed E-state index contributed by atoms with van der Waals surface area (Å²) >= 11 is 13.8. The molecule has 0 atom stereocenters. The molecule has 3 aromatic rings. The highest BCUT2D eigenvalue weighted by atomic mass is 35.5. The highest BCUT2D eigenvalue weighted by molar-refractivity contribution is 7.18. The molecule has 118 valence electrons. The molecule has 0 spiro atoms. The summed E-state index contributed by atoms with van der Waals surface area (Å²) in [4.78, 5) is 6.99. The lowest BCUT2D eigenvalue weighted by molar-refractivity contribution is 0.694. The summed E-state index contributed by atoms with van der Waals surface area (Å²) in [7, 11) is 0. The molecule has 0 amide bonds. The summed E-state index contributed by atoms with van der Waals surface area (Å²) < 4.78 is 1.88. The third-order valence-electron chi connectivity index (χ3n) is 4.33. The maximum Gasteiger partial charge on any atom is 0.136 e. The van der Waals surface area contributed by atoms with Crippen LogP contribution in [0.2, 0.25) is 10.0 Å². The molecule has 1 aliphatic carbocycles. The SMILES string of the molecule is N=c1c2c3c(sc2ncn1Cc1ccc(Cl)c(Cl)c1)CCCC3. The molecule has 0 saturated heterocycles. The largest absolute Gasteiger partial charge is 0.312 e. The Labute approximate surface area is 148 Å². The molecule has 23 heavy (non-hydrogen) atoms. The van der Waals surface area contributed by atoms with Crippen LogP contribution >= 0.6 is 34.5 Å². The van der Waals surface area contributed by atoms with Crippen LogP contribution in [0.15, 0.2) is 24.5 Å². The quantitative estimate of drug-likeness (QED) is 0.697. The van der Waals surface area contributed by atoms with Gasteiger partial charge in [-0.1, -0.05) is 29.3 Å². The molecule has 4 rings (SSSR count). The van der Waals surface area contributed by atoms with Crippen LogP contribution in [0.25, 0.3) is 10.2 Å². The fourth-order valence-electron chi connectivity index (χ4n) is 3.16. The molecule has 3 nitrogen and oxygen atoms in total. The molecule has 0 fully saturated rings. The van der Waals surface area contributed by atoms with Crippen molar-refractivity contribution in [3.05, 3.63) is 56.1 Å². The molecule has 1 N–H and O–H groups in total. The minimum absolute atomic E-state index is 0.540. The van der Waals surface area contributed by atoms with Crippen LogP contribution in [0.1, 0.15) is 28.8 Å². The Morgan fingerprint density at radius 2 is 2.00 bits per heavy atom. The van der Waals surface area contributed by atoms with E-state index in [0.717, 1.165) is 28.6 Å². The van der Waals surface area contributed by atoms with E-state index in [0.29, 0.717) is 22.1 Å². The van der Waals surface area contributed by atoms with Crippen LogP contribution in [-0.4, -0.2) is 9.55 Å². The summed E-state index contributed by atoms with van der Waals surface area (Å²) in [5, 5.41) is 10.7. The highest BCUT2D eigenvalue weighted by Crippen LogP contribution is 2.33. The lowest BCUT2D eigenvalue weighted by Crippen LogP contribution is -2.22. The Balaban J connectivity index is 1.80. The smallest absolute Gasteiger partial charge is 0.136 e. The monoisotopic (exact) mass is 363 g/mol. The van der Waals surface area contributed by atoms with Crippen molar-refractivity contribution in [1.29, 1.82) is 5.41 Å². The average molecular weight is 364 g/mol. The first kappa shape index (κ1) is 15.2. The van der Waals surface area contributed by atoms with Crippen molar-refractivity contribution in [2.45, 2.75) is 32.2 Å². The van der Waals surface area contributed by atoms with Crippen molar-refractivity contribution < 1.29 is 0 Å². The van der Waals surface area contributed by atoms with Gasteiger partial charge in [0.1, 0.15) is 10.3 Å². The summed E-state index contributed by atoms with van der Waals surface area (Å²) in [6, 6.07) is 5.58. The van der Waals surface area contributed by atoms with Gasteiger partial charge in [0.2, 0.25) is 0 Å². The molecular formula is C17H15Cl2N3S. The van der Waals surface area contributed by atoms with E-state index in [9.17, 15) is 0 Å². The first-order valence-corrected chi connectivity index (χ1v) is 9.19. The fourth-order valence-corrected chi connectivity index (χ4v) is 4.71. The third kappa shape index (κ3) is 2.69. The molecule has 0 aliphatic heterocycles. The molecule has 0 radical (unpaired) electrons. The standard InChI is InChI=1S/C17H15Cl2N3S/c18-12-6-5-10(7-13(12)19)8-22-9-21-17-15(16(22)20)11-3-1-2-4-14(11)23-17/h5-7,9,20H,1-4,8H2. The maximum absolute atomic E-state index is 8.61. The zero-order valence-electron chi connectivity index (χ0n) is 12.4. The molecule has 6 heteroatoms. The first-order valence-electron chi connectivity index (χ1n) is 7.61. The van der Waals surface area contributed by atoms with Gasteiger partial charge in [-0.2, -0.15) is 0 Å². The van der Waals surface area contributed by atoms with Crippen LogP contribution in [0.5, 0.6) is 0 Å². The van der Waals surface area contributed by atoms with E-state index in [1.54, 1.807) is 23.7 Å². The first-order chi connectivity index (χ1) is 11.1. The number of thiophene rings is 1. The van der Waals surface area contributed by atoms with E-state index in [2.05, 4.69) is 4.98 Å². The molecule has 0 unspecified atom stereocenters. The van der Waals surface area contributed by atoms with Gasteiger partial charge in [-0.25, -0.2) is 4.98 Å². The minimum Gasteiger partial charge on any atom is -0.312 e. The number of benzene rings is 1. The average Bonchev–Trinajstić information content (AvgIpc) is 2.93. The molecule has 2 heterocycles. The highest BCUT2D eigenvalue weighted by Gasteiger charge is 2.18. The second-order valence-corrected chi connectivity index (χ2v) is 7.76. The van der Waals surface area contributed by atoms with Crippen LogP contribution < -0.4 is 5.49 Å². The minimum atomic E-state index is 0.540. The second kappa shape index (κ2) is 5.93. The lowest BCUT2D eigenvalue weighted by Gasteiger charge is -2.11. The Kier molecular flexibility index (Phi) is 3.92. The number of nitrogens with one attached hydrogen (secondary N) is 1. The van der Waals surface area contributed by atoms with E-state index in [1.165, 1.54) is 23.3 Å². The molecular weight excluding hydrogens is 349 g/mol. The summed E-state index contributed by atoms with van der Waals surface area (Å²) in [5.41, 5.74) is 2.90. The van der Waals surface area contributed by atoms with Gasteiger partial charge in [0, 0.05) is 4.88 Å². The van der Waals surface area contributed by atoms with Crippen molar-refractivity contribution in [3.8, 4) is 0 Å². The zero-order valence-corrected chi connectivity index (χ0v) is 14.7. The normalized spacial score (nSPS) is 14.2. The van der Waals surface area contributed by atoms with Gasteiger partial charge >= 0.3 is 0 Å². The topological polar surface area (TPSA) is 41.7 Å². The van der Waals surface area contributed by atoms with Crippen LogP contribution in [0, 0.1) is 5.41 Å². The van der Waals surface area contributed by atoms with E-state index in [-0.39, 0.29) is 0 Å². The van der Waals surface area contributed by atoms with E-state index >= 15 is 0 Å². The van der Waals surface area contributed by atoms with E-state index in [1.807, 2.05) is 16.7 Å². The predicted molar refractivity (Wildman–Crippen MR) is 95.7 cm³/mol. The Morgan fingerprint density at radius 3 is 2.83 bits per heavy atom. The second-order valence-electron chi connectivity index (χ2n) is 5.86. The van der Waals surface area contributed by atoms with Gasteiger partial charge in [0.15, 0.2) is 0 Å². The number of aromatic nitrogens is 2. The summed E-state index contributed by atoms with van der Waals surface area (Å²) in [5.74, 6) is 0. The predicted octanol–water partition coefficient (Wildman–Crippen LogP) is 4.81. The van der Waals surface area contributed by atoms with Gasteiger partial charge in [-0.05, 0) is 48.9 Å². The van der Waals surface area contributed by atoms with Crippen LogP contribution in [0.3, 0.4) is 0 Å². The summed E-state index contributed by atoms with van der Waals surface area (Å²) in [6.07, 6.45) is 6.41.